The molecule has 1 aliphatic heterocycles. The first-order chi connectivity index (χ1) is 10.2. The molecule has 0 fully saturated rings. The van der Waals surface area contributed by atoms with Crippen LogP contribution < -0.4 is 10.1 Å². The number of aryl methyl sites for hydroxylation is 1. The van der Waals surface area contributed by atoms with E-state index in [1.165, 1.54) is 5.56 Å². The fourth-order valence-electron chi connectivity index (χ4n) is 2.61. The first kappa shape index (κ1) is 14.6. The number of para-hydroxylation sites is 1. The summed E-state index contributed by atoms with van der Waals surface area (Å²) in [5.41, 5.74) is 2.31. The molecular weight excluding hydrogens is 377 g/mol. The molecule has 1 aromatic heterocycles. The smallest absolute Gasteiger partial charge is 0.143 e. The summed E-state index contributed by atoms with van der Waals surface area (Å²) < 4.78 is 6.89. The average Bonchev–Trinajstić information content (AvgIpc) is 2.93. The van der Waals surface area contributed by atoms with Crippen LogP contribution in [0.5, 0.6) is 5.75 Å². The second-order valence-corrected chi connectivity index (χ2v) is 6.17. The molecule has 1 aliphatic rings. The first-order valence-corrected chi connectivity index (χ1v) is 8.28. The van der Waals surface area contributed by atoms with Crippen molar-refractivity contribution in [2.75, 3.05) is 19.0 Å². The summed E-state index contributed by atoms with van der Waals surface area (Å²) in [5.74, 6) is 2.84. The van der Waals surface area contributed by atoms with Crippen LogP contribution in [0.3, 0.4) is 0 Å². The van der Waals surface area contributed by atoms with Crippen LogP contribution in [-0.2, 0) is 6.42 Å². The summed E-state index contributed by atoms with van der Waals surface area (Å²) in [4.78, 5) is 9.52. The zero-order valence-corrected chi connectivity index (χ0v) is 14.3. The Morgan fingerprint density at radius 2 is 2.14 bits per heavy atom. The molecule has 2 heterocycles. The Hall–Kier alpha value is -1.37. The largest absolute Gasteiger partial charge is 0.492 e. The molecule has 0 saturated heterocycles. The van der Waals surface area contributed by atoms with Gasteiger partial charge in [-0.25, -0.2) is 9.97 Å². The maximum atomic E-state index is 5.77. The van der Waals surface area contributed by atoms with Crippen molar-refractivity contribution < 1.29 is 4.74 Å². The van der Waals surface area contributed by atoms with E-state index >= 15 is 0 Å². The lowest BCUT2D eigenvalue weighted by atomic mass is 10.0. The Labute approximate surface area is 138 Å². The maximum absolute atomic E-state index is 5.77. The molecule has 0 spiro atoms. The third-order valence-electron chi connectivity index (χ3n) is 3.67. The number of nitrogens with zero attached hydrogens (tertiary/aromatic N) is 2. The van der Waals surface area contributed by atoms with Gasteiger partial charge in [0, 0.05) is 12.6 Å². The summed E-state index contributed by atoms with van der Waals surface area (Å²) >= 11 is 2.33. The Morgan fingerprint density at radius 3 is 2.90 bits per heavy atom. The molecule has 2 aromatic rings. The van der Waals surface area contributed by atoms with E-state index in [-0.39, 0.29) is 5.92 Å². The fourth-order valence-corrected chi connectivity index (χ4v) is 3.39. The van der Waals surface area contributed by atoms with Gasteiger partial charge in [-0.3, -0.25) is 0 Å². The Morgan fingerprint density at radius 1 is 1.33 bits per heavy atom. The Balaban J connectivity index is 2.05. The van der Waals surface area contributed by atoms with Gasteiger partial charge in [-0.15, -0.1) is 0 Å². The van der Waals surface area contributed by atoms with Crippen LogP contribution in [0.25, 0.3) is 0 Å². The maximum Gasteiger partial charge on any atom is 0.143 e. The third-order valence-corrected chi connectivity index (χ3v) is 4.81. The number of aromatic nitrogens is 2. The van der Waals surface area contributed by atoms with Crippen LogP contribution >= 0.6 is 22.6 Å². The first-order valence-electron chi connectivity index (χ1n) is 7.20. The lowest BCUT2D eigenvalue weighted by Crippen LogP contribution is -2.13. The minimum absolute atomic E-state index is 0.126. The monoisotopic (exact) mass is 395 g/mol. The predicted octanol–water partition coefficient (Wildman–Crippen LogP) is 3.60. The molecule has 1 aromatic carbocycles. The highest BCUT2D eigenvalue weighted by Gasteiger charge is 2.28. The van der Waals surface area contributed by atoms with Crippen molar-refractivity contribution in [3.8, 4) is 5.75 Å². The molecule has 5 heteroatoms. The number of rotatable bonds is 4. The van der Waals surface area contributed by atoms with Gasteiger partial charge < -0.3 is 10.1 Å². The van der Waals surface area contributed by atoms with E-state index in [2.05, 4.69) is 40.9 Å². The predicted molar refractivity (Wildman–Crippen MR) is 92.1 cm³/mol. The molecule has 0 saturated carbocycles. The van der Waals surface area contributed by atoms with Crippen LogP contribution in [0.2, 0.25) is 0 Å². The molecular formula is C16H18IN3O. The zero-order valence-electron chi connectivity index (χ0n) is 12.2. The van der Waals surface area contributed by atoms with E-state index in [9.17, 15) is 0 Å². The van der Waals surface area contributed by atoms with Gasteiger partial charge in [0.1, 0.15) is 24.0 Å². The number of hydrogen-bond donors (Lipinski definition) is 1. The van der Waals surface area contributed by atoms with Gasteiger partial charge in [0.05, 0.1) is 15.2 Å². The zero-order chi connectivity index (χ0) is 14.8. The normalized spacial score (nSPS) is 16.4. The molecule has 0 radical (unpaired) electrons. The topological polar surface area (TPSA) is 47.0 Å². The second kappa shape index (κ2) is 6.17. The summed E-state index contributed by atoms with van der Waals surface area (Å²) in [6.45, 7) is 2.79. The number of ether oxygens (including phenoxy) is 1. The quantitative estimate of drug-likeness (QED) is 0.804. The SMILES string of the molecule is CCCc1nc(C2COc3ccccc32)nc(NC)c1I. The highest BCUT2D eigenvalue weighted by Crippen LogP contribution is 2.37. The van der Waals surface area contributed by atoms with Crippen LogP contribution in [-0.4, -0.2) is 23.6 Å². The van der Waals surface area contributed by atoms with Crippen molar-refractivity contribution in [1.29, 1.82) is 0 Å². The molecule has 110 valence electrons. The number of hydrogen-bond acceptors (Lipinski definition) is 4. The standard InChI is InChI=1S/C16H18IN3O/c1-3-6-12-14(17)16(18-2)20-15(19-12)11-9-21-13-8-5-4-7-10(11)13/h4-5,7-8,11H,3,6,9H2,1-2H3,(H,18,19,20). The van der Waals surface area contributed by atoms with Crippen molar-refractivity contribution in [3.05, 3.63) is 44.9 Å². The third kappa shape index (κ3) is 2.71. The van der Waals surface area contributed by atoms with Gasteiger partial charge in [0.15, 0.2) is 0 Å². The molecule has 21 heavy (non-hydrogen) atoms. The van der Waals surface area contributed by atoms with E-state index in [1.807, 2.05) is 25.2 Å². The molecule has 1 N–H and O–H groups in total. The highest BCUT2D eigenvalue weighted by atomic mass is 127. The summed E-state index contributed by atoms with van der Waals surface area (Å²) in [7, 11) is 1.91. The number of fused-ring (bicyclic) bond motifs is 1. The van der Waals surface area contributed by atoms with Crippen molar-refractivity contribution in [2.45, 2.75) is 25.7 Å². The van der Waals surface area contributed by atoms with Crippen molar-refractivity contribution >= 4 is 28.4 Å². The molecule has 4 nitrogen and oxygen atoms in total. The van der Waals surface area contributed by atoms with Gasteiger partial charge in [0.2, 0.25) is 0 Å². The van der Waals surface area contributed by atoms with Crippen molar-refractivity contribution in [3.63, 3.8) is 0 Å². The van der Waals surface area contributed by atoms with Gasteiger partial charge >= 0.3 is 0 Å². The second-order valence-electron chi connectivity index (χ2n) is 5.09. The minimum Gasteiger partial charge on any atom is -0.492 e. The molecule has 3 rings (SSSR count). The van der Waals surface area contributed by atoms with Crippen molar-refractivity contribution in [2.24, 2.45) is 0 Å². The number of halogens is 1. The summed E-state index contributed by atoms with van der Waals surface area (Å²) in [5, 5.41) is 3.18. The molecule has 0 amide bonds. The van der Waals surface area contributed by atoms with Gasteiger partial charge in [-0.05, 0) is 35.1 Å². The van der Waals surface area contributed by atoms with Gasteiger partial charge in [-0.1, -0.05) is 31.5 Å². The fraction of sp³-hybridized carbons (Fsp3) is 0.375. The van der Waals surface area contributed by atoms with Crippen LogP contribution in [0.1, 0.15) is 36.3 Å². The van der Waals surface area contributed by atoms with E-state index in [0.717, 1.165) is 39.5 Å². The van der Waals surface area contributed by atoms with E-state index < -0.39 is 0 Å². The average molecular weight is 395 g/mol. The van der Waals surface area contributed by atoms with E-state index in [0.29, 0.717) is 6.61 Å². The Kier molecular flexibility index (Phi) is 4.28. The lowest BCUT2D eigenvalue weighted by molar-refractivity contribution is 0.339. The number of anilines is 1. The van der Waals surface area contributed by atoms with Crippen LogP contribution in [0.4, 0.5) is 5.82 Å². The number of nitrogens with one attached hydrogen (secondary N) is 1. The van der Waals surface area contributed by atoms with Crippen molar-refractivity contribution in [1.82, 2.24) is 9.97 Å². The molecule has 1 atom stereocenters. The molecule has 0 bridgehead atoms. The molecule has 0 aliphatic carbocycles. The summed E-state index contributed by atoms with van der Waals surface area (Å²) in [6, 6.07) is 8.15. The van der Waals surface area contributed by atoms with E-state index in [4.69, 9.17) is 14.7 Å². The van der Waals surface area contributed by atoms with E-state index in [1.54, 1.807) is 0 Å². The molecule has 1 unspecified atom stereocenters. The summed E-state index contributed by atoms with van der Waals surface area (Å²) in [6.07, 6.45) is 2.05. The van der Waals surface area contributed by atoms with Gasteiger partial charge in [-0.2, -0.15) is 0 Å². The minimum atomic E-state index is 0.126. The Bertz CT molecular complexity index is 660. The number of benzene rings is 1. The van der Waals surface area contributed by atoms with Crippen LogP contribution in [0, 0.1) is 3.57 Å². The lowest BCUT2D eigenvalue weighted by Gasteiger charge is -2.14. The van der Waals surface area contributed by atoms with Gasteiger partial charge in [0.25, 0.3) is 0 Å². The van der Waals surface area contributed by atoms with Crippen LogP contribution in [0.15, 0.2) is 24.3 Å². The highest BCUT2D eigenvalue weighted by molar-refractivity contribution is 14.1.